The van der Waals surface area contributed by atoms with Crippen LogP contribution in [0.5, 0.6) is 0 Å². The molecule has 0 unspecified atom stereocenters. The van der Waals surface area contributed by atoms with Gasteiger partial charge < -0.3 is 10.6 Å². The number of aliphatic imine (C=N–C) groups is 1. The van der Waals surface area contributed by atoms with Gasteiger partial charge in [-0.05, 0) is 18.4 Å². The molecule has 0 aromatic heterocycles. The van der Waals surface area contributed by atoms with Crippen molar-refractivity contribution >= 4 is 5.84 Å². The summed E-state index contributed by atoms with van der Waals surface area (Å²) in [6.07, 6.45) is 3.74. The first-order chi connectivity index (χ1) is 8.77. The summed E-state index contributed by atoms with van der Waals surface area (Å²) in [6.45, 7) is 2.69. The SMILES string of the molecule is CN1CCN=C1c1ccccc1C1(CN)CCC1. The van der Waals surface area contributed by atoms with Crippen LogP contribution in [-0.2, 0) is 5.41 Å². The van der Waals surface area contributed by atoms with Gasteiger partial charge in [-0.15, -0.1) is 0 Å². The molecule has 1 aliphatic carbocycles. The molecule has 0 spiro atoms. The van der Waals surface area contributed by atoms with Crippen molar-refractivity contribution in [3.63, 3.8) is 0 Å². The van der Waals surface area contributed by atoms with Crippen molar-refractivity contribution in [3.8, 4) is 0 Å². The van der Waals surface area contributed by atoms with Crippen LogP contribution >= 0.6 is 0 Å². The number of rotatable bonds is 3. The van der Waals surface area contributed by atoms with E-state index in [2.05, 4.69) is 41.2 Å². The van der Waals surface area contributed by atoms with Crippen LogP contribution in [0.15, 0.2) is 29.3 Å². The Balaban J connectivity index is 2.05. The Labute approximate surface area is 109 Å². The molecule has 3 nitrogen and oxygen atoms in total. The van der Waals surface area contributed by atoms with E-state index in [0.29, 0.717) is 0 Å². The van der Waals surface area contributed by atoms with Crippen molar-refractivity contribution in [1.29, 1.82) is 0 Å². The number of nitrogens with zero attached hydrogens (tertiary/aromatic N) is 2. The Hall–Kier alpha value is -1.35. The summed E-state index contributed by atoms with van der Waals surface area (Å²) in [7, 11) is 2.12. The topological polar surface area (TPSA) is 41.6 Å². The largest absolute Gasteiger partial charge is 0.358 e. The van der Waals surface area contributed by atoms with Gasteiger partial charge in [0.15, 0.2) is 0 Å². The van der Waals surface area contributed by atoms with Gasteiger partial charge in [0.2, 0.25) is 0 Å². The lowest BCUT2D eigenvalue weighted by atomic mass is 9.63. The maximum absolute atomic E-state index is 6.05. The Kier molecular flexibility index (Phi) is 2.86. The molecule has 96 valence electrons. The summed E-state index contributed by atoms with van der Waals surface area (Å²) in [5.74, 6) is 1.14. The first kappa shape index (κ1) is 11.7. The van der Waals surface area contributed by atoms with Crippen molar-refractivity contribution in [2.24, 2.45) is 10.7 Å². The highest BCUT2D eigenvalue weighted by Crippen LogP contribution is 2.44. The molecule has 1 aromatic rings. The predicted octanol–water partition coefficient (Wildman–Crippen LogP) is 1.76. The van der Waals surface area contributed by atoms with Crippen LogP contribution in [0.25, 0.3) is 0 Å². The molecular weight excluding hydrogens is 222 g/mol. The second kappa shape index (κ2) is 4.39. The van der Waals surface area contributed by atoms with Gasteiger partial charge in [0, 0.05) is 31.1 Å². The van der Waals surface area contributed by atoms with E-state index in [0.717, 1.165) is 25.5 Å². The van der Waals surface area contributed by atoms with E-state index in [1.807, 2.05) is 0 Å². The minimum atomic E-state index is 0.211. The van der Waals surface area contributed by atoms with Gasteiger partial charge in [0.25, 0.3) is 0 Å². The lowest BCUT2D eigenvalue weighted by molar-refractivity contribution is 0.252. The molecule has 0 atom stereocenters. The number of hydrogen-bond donors (Lipinski definition) is 1. The molecule has 1 aromatic carbocycles. The number of hydrogen-bond acceptors (Lipinski definition) is 3. The molecule has 0 bridgehead atoms. The van der Waals surface area contributed by atoms with E-state index in [1.54, 1.807) is 0 Å². The molecule has 0 radical (unpaired) electrons. The van der Waals surface area contributed by atoms with Crippen LogP contribution in [0.4, 0.5) is 0 Å². The van der Waals surface area contributed by atoms with Crippen LogP contribution in [0.1, 0.15) is 30.4 Å². The first-order valence-electron chi connectivity index (χ1n) is 6.82. The quantitative estimate of drug-likeness (QED) is 0.879. The standard InChI is InChI=1S/C15H21N3/c1-18-10-9-17-14(18)12-5-2-3-6-13(12)15(11-16)7-4-8-15/h2-3,5-6H,4,7-11,16H2,1H3. The van der Waals surface area contributed by atoms with Crippen molar-refractivity contribution in [3.05, 3.63) is 35.4 Å². The molecule has 3 heteroatoms. The first-order valence-corrected chi connectivity index (χ1v) is 6.82. The van der Waals surface area contributed by atoms with Crippen molar-refractivity contribution in [2.75, 3.05) is 26.7 Å². The van der Waals surface area contributed by atoms with Gasteiger partial charge in [0.05, 0.1) is 6.54 Å². The number of likely N-dealkylation sites (N-methyl/N-ethyl adjacent to an activating group) is 1. The Morgan fingerprint density at radius 3 is 2.67 bits per heavy atom. The molecular formula is C15H21N3. The Morgan fingerprint density at radius 2 is 2.11 bits per heavy atom. The lowest BCUT2D eigenvalue weighted by Gasteiger charge is -2.43. The number of nitrogens with two attached hydrogens (primary N) is 1. The fourth-order valence-electron chi connectivity index (χ4n) is 3.15. The average Bonchev–Trinajstić information content (AvgIpc) is 2.76. The second-order valence-corrected chi connectivity index (χ2v) is 5.51. The lowest BCUT2D eigenvalue weighted by Crippen LogP contribution is -2.43. The summed E-state index contributed by atoms with van der Waals surface area (Å²) in [5.41, 5.74) is 8.96. The van der Waals surface area contributed by atoms with Crippen LogP contribution in [0.3, 0.4) is 0 Å². The highest BCUT2D eigenvalue weighted by atomic mass is 15.2. The summed E-state index contributed by atoms with van der Waals surface area (Å²) in [4.78, 5) is 6.91. The summed E-state index contributed by atoms with van der Waals surface area (Å²) < 4.78 is 0. The van der Waals surface area contributed by atoms with E-state index in [-0.39, 0.29) is 5.41 Å². The summed E-state index contributed by atoms with van der Waals surface area (Å²) >= 11 is 0. The monoisotopic (exact) mass is 243 g/mol. The normalized spacial score (nSPS) is 21.7. The zero-order valence-electron chi connectivity index (χ0n) is 11.0. The van der Waals surface area contributed by atoms with Crippen LogP contribution in [-0.4, -0.2) is 37.4 Å². The molecule has 1 heterocycles. The molecule has 2 aliphatic rings. The third-order valence-corrected chi connectivity index (χ3v) is 4.50. The predicted molar refractivity (Wildman–Crippen MR) is 75.1 cm³/mol. The fraction of sp³-hybridized carbons (Fsp3) is 0.533. The minimum absolute atomic E-state index is 0.211. The van der Waals surface area contributed by atoms with E-state index in [9.17, 15) is 0 Å². The fourth-order valence-corrected chi connectivity index (χ4v) is 3.15. The van der Waals surface area contributed by atoms with Crippen LogP contribution in [0.2, 0.25) is 0 Å². The highest BCUT2D eigenvalue weighted by molar-refractivity contribution is 6.01. The number of amidine groups is 1. The maximum Gasteiger partial charge on any atom is 0.131 e. The van der Waals surface area contributed by atoms with Gasteiger partial charge in [-0.3, -0.25) is 4.99 Å². The van der Waals surface area contributed by atoms with Crippen LogP contribution < -0.4 is 5.73 Å². The number of benzene rings is 1. The molecule has 18 heavy (non-hydrogen) atoms. The van der Waals surface area contributed by atoms with Crippen molar-refractivity contribution in [2.45, 2.75) is 24.7 Å². The van der Waals surface area contributed by atoms with Gasteiger partial charge in [-0.2, -0.15) is 0 Å². The van der Waals surface area contributed by atoms with E-state index >= 15 is 0 Å². The molecule has 1 saturated carbocycles. The van der Waals surface area contributed by atoms with Crippen molar-refractivity contribution < 1.29 is 0 Å². The molecule has 0 saturated heterocycles. The van der Waals surface area contributed by atoms with Gasteiger partial charge in [-0.25, -0.2) is 0 Å². The van der Waals surface area contributed by atoms with E-state index < -0.39 is 0 Å². The zero-order valence-corrected chi connectivity index (χ0v) is 11.0. The molecule has 1 fully saturated rings. The molecule has 2 N–H and O–H groups in total. The average molecular weight is 243 g/mol. The smallest absolute Gasteiger partial charge is 0.131 e. The maximum atomic E-state index is 6.05. The third-order valence-electron chi connectivity index (χ3n) is 4.50. The van der Waals surface area contributed by atoms with Gasteiger partial charge >= 0.3 is 0 Å². The Bertz CT molecular complexity index is 469. The minimum Gasteiger partial charge on any atom is -0.358 e. The van der Waals surface area contributed by atoms with E-state index in [1.165, 1.54) is 30.4 Å². The Morgan fingerprint density at radius 1 is 1.33 bits per heavy atom. The zero-order chi connectivity index (χ0) is 12.6. The van der Waals surface area contributed by atoms with Crippen molar-refractivity contribution in [1.82, 2.24) is 4.90 Å². The summed E-state index contributed by atoms with van der Waals surface area (Å²) in [6, 6.07) is 8.68. The highest BCUT2D eigenvalue weighted by Gasteiger charge is 2.39. The second-order valence-electron chi connectivity index (χ2n) is 5.51. The third kappa shape index (κ3) is 1.65. The van der Waals surface area contributed by atoms with E-state index in [4.69, 9.17) is 5.73 Å². The molecule has 3 rings (SSSR count). The van der Waals surface area contributed by atoms with Gasteiger partial charge in [-0.1, -0.05) is 30.7 Å². The molecule has 0 amide bonds. The van der Waals surface area contributed by atoms with Crippen LogP contribution in [0, 0.1) is 0 Å². The summed E-state index contributed by atoms with van der Waals surface area (Å²) in [5, 5.41) is 0. The molecule has 1 aliphatic heterocycles. The van der Waals surface area contributed by atoms with Gasteiger partial charge in [0.1, 0.15) is 5.84 Å².